The molecule has 0 aliphatic heterocycles. The molecule has 0 spiro atoms. The molecule has 0 saturated heterocycles. The second-order valence-electron chi connectivity index (χ2n) is 4.71. The summed E-state index contributed by atoms with van der Waals surface area (Å²) < 4.78 is 26.2. The summed E-state index contributed by atoms with van der Waals surface area (Å²) in [4.78, 5) is 0. The molecule has 1 unspecified atom stereocenters. The topological polar surface area (TPSA) is 46.2 Å². The van der Waals surface area contributed by atoms with Crippen LogP contribution in [0, 0.1) is 18.3 Å². The fraction of sp³-hybridized carbons (Fsp3) is 0.833. The molecule has 3 nitrogen and oxygen atoms in total. The first kappa shape index (κ1) is 13.5. The summed E-state index contributed by atoms with van der Waals surface area (Å²) in [5.41, 5.74) is 0. The van der Waals surface area contributed by atoms with Gasteiger partial charge in [-0.15, -0.1) is 12.3 Å². The van der Waals surface area contributed by atoms with E-state index in [2.05, 4.69) is 10.6 Å². The van der Waals surface area contributed by atoms with Crippen LogP contribution in [0.25, 0.3) is 0 Å². The number of rotatable bonds is 5. The van der Waals surface area contributed by atoms with E-state index in [-0.39, 0.29) is 11.8 Å². The zero-order valence-electron chi connectivity index (χ0n) is 9.91. The van der Waals surface area contributed by atoms with Gasteiger partial charge in [0.05, 0.1) is 5.75 Å². The van der Waals surface area contributed by atoms with Crippen molar-refractivity contribution in [2.75, 3.05) is 5.75 Å². The van der Waals surface area contributed by atoms with Crippen LogP contribution in [0.5, 0.6) is 0 Å². The number of hydrogen-bond donors (Lipinski definition) is 1. The minimum atomic E-state index is -3.15. The minimum Gasteiger partial charge on any atom is -0.212 e. The molecule has 16 heavy (non-hydrogen) atoms. The van der Waals surface area contributed by atoms with E-state index < -0.39 is 10.0 Å². The first-order valence-corrected chi connectivity index (χ1v) is 7.62. The highest BCUT2D eigenvalue weighted by molar-refractivity contribution is 7.89. The molecule has 1 rings (SSSR count). The fourth-order valence-corrected chi connectivity index (χ4v) is 3.98. The van der Waals surface area contributed by atoms with Crippen LogP contribution in [0.3, 0.4) is 0 Å². The molecule has 4 heteroatoms. The van der Waals surface area contributed by atoms with E-state index in [0.717, 1.165) is 12.8 Å². The average Bonchev–Trinajstić information content (AvgIpc) is 2.17. The Balaban J connectivity index is 2.41. The highest BCUT2D eigenvalue weighted by Gasteiger charge is 2.22. The van der Waals surface area contributed by atoms with Gasteiger partial charge in [-0.2, -0.15) is 0 Å². The van der Waals surface area contributed by atoms with E-state index in [1.165, 1.54) is 19.3 Å². The van der Waals surface area contributed by atoms with Gasteiger partial charge >= 0.3 is 0 Å². The maximum Gasteiger partial charge on any atom is 0.212 e. The highest BCUT2D eigenvalue weighted by atomic mass is 32.2. The van der Waals surface area contributed by atoms with Crippen molar-refractivity contribution in [1.29, 1.82) is 0 Å². The Morgan fingerprint density at radius 3 is 2.56 bits per heavy atom. The molecule has 1 aliphatic rings. The molecule has 0 aromatic heterocycles. The van der Waals surface area contributed by atoms with Gasteiger partial charge in [0.15, 0.2) is 0 Å². The van der Waals surface area contributed by atoms with Crippen molar-refractivity contribution >= 4 is 10.0 Å². The standard InChI is InChI=1S/C12H21NO2S/c1-3-7-11(2)13-16(14,15)10-12-8-5-4-6-9-12/h1,11-13H,4-10H2,2H3. The fourth-order valence-electron chi connectivity index (χ4n) is 2.24. The molecular formula is C12H21NO2S. The summed E-state index contributed by atoms with van der Waals surface area (Å²) in [6.45, 7) is 1.80. The zero-order valence-corrected chi connectivity index (χ0v) is 10.7. The number of nitrogens with one attached hydrogen (secondary N) is 1. The number of terminal acetylenes is 1. The maximum atomic E-state index is 11.8. The molecule has 0 heterocycles. The van der Waals surface area contributed by atoms with Gasteiger partial charge in [-0.25, -0.2) is 13.1 Å². The van der Waals surface area contributed by atoms with Gasteiger partial charge in [-0.3, -0.25) is 0 Å². The Hall–Kier alpha value is -0.530. The van der Waals surface area contributed by atoms with E-state index in [4.69, 9.17) is 6.42 Å². The first-order valence-electron chi connectivity index (χ1n) is 5.97. The Bertz CT molecular complexity index is 337. The van der Waals surface area contributed by atoms with Crippen molar-refractivity contribution in [3.63, 3.8) is 0 Å². The summed E-state index contributed by atoms with van der Waals surface area (Å²) in [6, 6.07) is -0.154. The smallest absolute Gasteiger partial charge is 0.212 e. The van der Waals surface area contributed by atoms with Crippen LogP contribution in [-0.2, 0) is 10.0 Å². The van der Waals surface area contributed by atoms with Crippen LogP contribution in [0.4, 0.5) is 0 Å². The molecule has 1 aliphatic carbocycles. The second-order valence-corrected chi connectivity index (χ2v) is 6.51. The lowest BCUT2D eigenvalue weighted by atomic mass is 9.91. The van der Waals surface area contributed by atoms with Crippen molar-refractivity contribution < 1.29 is 8.42 Å². The number of hydrogen-bond acceptors (Lipinski definition) is 2. The second kappa shape index (κ2) is 6.27. The summed E-state index contributed by atoms with van der Waals surface area (Å²) >= 11 is 0. The van der Waals surface area contributed by atoms with Crippen molar-refractivity contribution in [2.45, 2.75) is 51.5 Å². The molecule has 1 saturated carbocycles. The molecule has 0 aromatic carbocycles. The van der Waals surface area contributed by atoms with Crippen molar-refractivity contribution in [3.8, 4) is 12.3 Å². The van der Waals surface area contributed by atoms with Gasteiger partial charge in [0.2, 0.25) is 10.0 Å². The summed E-state index contributed by atoms with van der Waals surface area (Å²) in [7, 11) is -3.15. The molecule has 92 valence electrons. The van der Waals surface area contributed by atoms with E-state index in [1.807, 2.05) is 0 Å². The third-order valence-corrected chi connectivity index (χ3v) is 4.66. The molecule has 1 atom stereocenters. The summed E-state index contributed by atoms with van der Waals surface area (Å²) in [5, 5.41) is 0. The molecule has 0 radical (unpaired) electrons. The van der Waals surface area contributed by atoms with Crippen molar-refractivity contribution in [2.24, 2.45) is 5.92 Å². The Morgan fingerprint density at radius 2 is 2.00 bits per heavy atom. The molecule has 1 fully saturated rings. The normalized spacial score (nSPS) is 20.2. The minimum absolute atomic E-state index is 0.154. The van der Waals surface area contributed by atoms with Gasteiger partial charge in [-0.1, -0.05) is 19.3 Å². The molecular weight excluding hydrogens is 222 g/mol. The van der Waals surface area contributed by atoms with Crippen LogP contribution in [0.1, 0.15) is 45.4 Å². The molecule has 1 N–H and O–H groups in total. The van der Waals surface area contributed by atoms with Gasteiger partial charge in [0, 0.05) is 12.5 Å². The van der Waals surface area contributed by atoms with E-state index >= 15 is 0 Å². The van der Waals surface area contributed by atoms with Gasteiger partial charge < -0.3 is 0 Å². The Labute approximate surface area is 99.1 Å². The van der Waals surface area contributed by atoms with E-state index in [0.29, 0.717) is 12.3 Å². The highest BCUT2D eigenvalue weighted by Crippen LogP contribution is 2.24. The van der Waals surface area contributed by atoms with Crippen LogP contribution in [0.2, 0.25) is 0 Å². The van der Waals surface area contributed by atoms with Crippen LogP contribution in [0.15, 0.2) is 0 Å². The third-order valence-electron chi connectivity index (χ3n) is 2.98. The maximum absolute atomic E-state index is 11.8. The van der Waals surface area contributed by atoms with Crippen molar-refractivity contribution in [1.82, 2.24) is 4.72 Å². The third kappa shape index (κ3) is 5.00. The summed E-state index contributed by atoms with van der Waals surface area (Å²) in [6.07, 6.45) is 11.3. The predicted octanol–water partition coefficient (Wildman–Crippen LogP) is 1.90. The molecule has 0 aromatic rings. The molecule has 0 amide bonds. The summed E-state index contributed by atoms with van der Waals surface area (Å²) in [5.74, 6) is 3.07. The largest absolute Gasteiger partial charge is 0.212 e. The lowest BCUT2D eigenvalue weighted by molar-refractivity contribution is 0.383. The molecule has 0 bridgehead atoms. The monoisotopic (exact) mass is 243 g/mol. The van der Waals surface area contributed by atoms with Crippen LogP contribution >= 0.6 is 0 Å². The van der Waals surface area contributed by atoms with Gasteiger partial charge in [0.25, 0.3) is 0 Å². The predicted molar refractivity (Wildman–Crippen MR) is 66.4 cm³/mol. The van der Waals surface area contributed by atoms with Crippen LogP contribution in [-0.4, -0.2) is 20.2 Å². The Kier molecular flexibility index (Phi) is 5.30. The van der Waals surface area contributed by atoms with E-state index in [9.17, 15) is 8.42 Å². The van der Waals surface area contributed by atoms with Crippen LogP contribution < -0.4 is 4.72 Å². The van der Waals surface area contributed by atoms with Gasteiger partial charge in [0.1, 0.15) is 0 Å². The lowest BCUT2D eigenvalue weighted by Crippen LogP contribution is -2.36. The van der Waals surface area contributed by atoms with E-state index in [1.54, 1.807) is 6.92 Å². The lowest BCUT2D eigenvalue weighted by Gasteiger charge is -2.22. The Morgan fingerprint density at radius 1 is 1.38 bits per heavy atom. The SMILES string of the molecule is C#CCC(C)NS(=O)(=O)CC1CCCCC1. The average molecular weight is 243 g/mol. The van der Waals surface area contributed by atoms with Crippen molar-refractivity contribution in [3.05, 3.63) is 0 Å². The van der Waals surface area contributed by atoms with Gasteiger partial charge in [-0.05, 0) is 25.7 Å². The first-order chi connectivity index (χ1) is 7.53. The number of sulfonamides is 1. The zero-order chi connectivity index (χ0) is 12.0. The quantitative estimate of drug-likeness (QED) is 0.750.